The Kier molecular flexibility index (Phi) is 2.41. The Morgan fingerprint density at radius 1 is 1.50 bits per heavy atom. The van der Waals surface area contributed by atoms with Crippen LogP contribution in [0.1, 0.15) is 29.2 Å². The summed E-state index contributed by atoms with van der Waals surface area (Å²) in [4.78, 5) is 0. The Labute approximate surface area is 88.9 Å². The third-order valence-corrected chi connectivity index (χ3v) is 3.46. The number of nitrogens with one attached hydrogen (secondary N) is 1. The Bertz CT molecular complexity index is 372. The number of aromatic hydroxyl groups is 1. The van der Waals surface area contributed by atoms with E-state index in [0.717, 1.165) is 34.7 Å². The van der Waals surface area contributed by atoms with Gasteiger partial charge in [-0.3, -0.25) is 0 Å². The van der Waals surface area contributed by atoms with Crippen LogP contribution in [0, 0.1) is 13.8 Å². The van der Waals surface area contributed by atoms with E-state index < -0.39 is 0 Å². The van der Waals surface area contributed by atoms with E-state index in [4.69, 9.17) is 11.6 Å². The van der Waals surface area contributed by atoms with Crippen molar-refractivity contribution >= 4 is 11.6 Å². The number of rotatable bonds is 1. The van der Waals surface area contributed by atoms with Gasteiger partial charge in [0.2, 0.25) is 0 Å². The van der Waals surface area contributed by atoms with Gasteiger partial charge in [0.25, 0.3) is 0 Å². The van der Waals surface area contributed by atoms with E-state index in [1.54, 1.807) is 6.07 Å². The van der Waals surface area contributed by atoms with E-state index in [2.05, 4.69) is 5.32 Å². The molecule has 1 aliphatic heterocycles. The number of phenols is 1. The highest BCUT2D eigenvalue weighted by atomic mass is 35.5. The van der Waals surface area contributed by atoms with Crippen LogP contribution in [-0.4, -0.2) is 11.7 Å². The zero-order valence-electron chi connectivity index (χ0n) is 8.39. The van der Waals surface area contributed by atoms with Gasteiger partial charge in [0, 0.05) is 16.6 Å². The van der Waals surface area contributed by atoms with Gasteiger partial charge in [-0.15, -0.1) is 0 Å². The van der Waals surface area contributed by atoms with Crippen molar-refractivity contribution in [3.63, 3.8) is 0 Å². The van der Waals surface area contributed by atoms with Crippen LogP contribution in [0.2, 0.25) is 5.02 Å². The summed E-state index contributed by atoms with van der Waals surface area (Å²) < 4.78 is 0. The maximum atomic E-state index is 9.83. The summed E-state index contributed by atoms with van der Waals surface area (Å²) in [5, 5.41) is 13.9. The molecule has 0 unspecified atom stereocenters. The molecule has 0 bridgehead atoms. The minimum absolute atomic E-state index is 0.285. The molecule has 1 heterocycles. The van der Waals surface area contributed by atoms with Crippen LogP contribution in [0.3, 0.4) is 0 Å². The van der Waals surface area contributed by atoms with Gasteiger partial charge >= 0.3 is 0 Å². The molecule has 0 radical (unpaired) electrons. The number of hydrogen-bond acceptors (Lipinski definition) is 2. The summed E-state index contributed by atoms with van der Waals surface area (Å²) >= 11 is 6.14. The fourth-order valence-corrected chi connectivity index (χ4v) is 2.08. The van der Waals surface area contributed by atoms with Crippen molar-refractivity contribution in [3.8, 4) is 5.75 Å². The topological polar surface area (TPSA) is 32.3 Å². The summed E-state index contributed by atoms with van der Waals surface area (Å²) in [6, 6.07) is 2.03. The molecule has 76 valence electrons. The van der Waals surface area contributed by atoms with Gasteiger partial charge in [-0.1, -0.05) is 11.6 Å². The highest BCUT2D eigenvalue weighted by molar-refractivity contribution is 6.32. The number of halogens is 1. The minimum Gasteiger partial charge on any atom is -0.508 e. The number of aryl methyl sites for hydroxylation is 1. The fraction of sp³-hybridized carbons (Fsp3) is 0.455. The molecule has 1 fully saturated rings. The first kappa shape index (κ1) is 9.81. The molecule has 14 heavy (non-hydrogen) atoms. The third-order valence-electron chi connectivity index (χ3n) is 2.88. The van der Waals surface area contributed by atoms with E-state index in [1.807, 2.05) is 13.8 Å². The normalized spacial score (nSPS) is 20.6. The number of benzene rings is 1. The molecular formula is C11H14ClNO. The van der Waals surface area contributed by atoms with E-state index in [9.17, 15) is 5.11 Å². The summed E-state index contributed by atoms with van der Waals surface area (Å²) in [5.74, 6) is 0.363. The second-order valence-electron chi connectivity index (χ2n) is 3.86. The molecule has 1 saturated heterocycles. The van der Waals surface area contributed by atoms with Crippen molar-refractivity contribution in [1.29, 1.82) is 0 Å². The zero-order valence-corrected chi connectivity index (χ0v) is 9.15. The fourth-order valence-electron chi connectivity index (χ4n) is 1.93. The van der Waals surface area contributed by atoms with Gasteiger partial charge < -0.3 is 10.4 Å². The third kappa shape index (κ3) is 1.39. The van der Waals surface area contributed by atoms with Gasteiger partial charge in [0.1, 0.15) is 5.75 Å². The molecule has 0 amide bonds. The molecule has 2 N–H and O–H groups in total. The lowest BCUT2D eigenvalue weighted by Crippen LogP contribution is -2.35. The lowest BCUT2D eigenvalue weighted by molar-refractivity contribution is 0.363. The Hall–Kier alpha value is -0.730. The molecule has 2 nitrogen and oxygen atoms in total. The van der Waals surface area contributed by atoms with Gasteiger partial charge in [-0.25, -0.2) is 0 Å². The molecule has 1 aromatic rings. The van der Waals surface area contributed by atoms with E-state index >= 15 is 0 Å². The molecule has 0 spiro atoms. The van der Waals surface area contributed by atoms with Crippen LogP contribution >= 0.6 is 11.6 Å². The molecule has 1 atom stereocenters. The number of phenolic OH excluding ortho intramolecular Hbond substituents is 1. The van der Waals surface area contributed by atoms with Crippen molar-refractivity contribution < 1.29 is 5.11 Å². The lowest BCUT2D eigenvalue weighted by Gasteiger charge is -2.30. The summed E-state index contributed by atoms with van der Waals surface area (Å²) in [6.07, 6.45) is 1.08. The molecule has 2 rings (SSSR count). The van der Waals surface area contributed by atoms with Crippen molar-refractivity contribution in [2.75, 3.05) is 6.54 Å². The van der Waals surface area contributed by atoms with Crippen LogP contribution in [0.15, 0.2) is 6.07 Å². The van der Waals surface area contributed by atoms with Crippen molar-refractivity contribution in [2.45, 2.75) is 26.3 Å². The zero-order chi connectivity index (χ0) is 10.3. The smallest absolute Gasteiger partial charge is 0.120 e. The first-order valence-electron chi connectivity index (χ1n) is 4.83. The Morgan fingerprint density at radius 2 is 2.14 bits per heavy atom. The van der Waals surface area contributed by atoms with Gasteiger partial charge in [-0.05, 0) is 44.0 Å². The molecular weight excluding hydrogens is 198 g/mol. The molecule has 0 aromatic heterocycles. The maximum absolute atomic E-state index is 9.83. The predicted molar refractivity (Wildman–Crippen MR) is 58.0 cm³/mol. The molecule has 1 aromatic carbocycles. The molecule has 0 aliphatic carbocycles. The average Bonchev–Trinajstić information content (AvgIpc) is 2.05. The van der Waals surface area contributed by atoms with Crippen LogP contribution in [-0.2, 0) is 0 Å². The van der Waals surface area contributed by atoms with E-state index in [0.29, 0.717) is 5.75 Å². The quantitative estimate of drug-likeness (QED) is 0.749. The standard InChI is InChI=1S/C11H14ClNO/c1-6-5-9(14)10(7(2)11(6)12)8-3-4-13-8/h5,8,13-14H,3-4H2,1-2H3/t8-/m1/s1. The highest BCUT2D eigenvalue weighted by Crippen LogP contribution is 2.37. The van der Waals surface area contributed by atoms with Crippen molar-refractivity contribution in [2.24, 2.45) is 0 Å². The predicted octanol–water partition coefficient (Wildman–Crippen LogP) is 2.70. The second kappa shape index (κ2) is 3.44. The van der Waals surface area contributed by atoms with E-state index in [-0.39, 0.29) is 6.04 Å². The minimum atomic E-state index is 0.285. The lowest BCUT2D eigenvalue weighted by atomic mass is 9.92. The number of hydrogen-bond donors (Lipinski definition) is 2. The van der Waals surface area contributed by atoms with Crippen LogP contribution in [0.5, 0.6) is 5.75 Å². The van der Waals surface area contributed by atoms with Crippen molar-refractivity contribution in [1.82, 2.24) is 5.32 Å². The second-order valence-corrected chi connectivity index (χ2v) is 4.24. The first-order valence-corrected chi connectivity index (χ1v) is 5.21. The van der Waals surface area contributed by atoms with Crippen molar-refractivity contribution in [3.05, 3.63) is 27.8 Å². The average molecular weight is 212 g/mol. The Morgan fingerprint density at radius 3 is 2.64 bits per heavy atom. The van der Waals surface area contributed by atoms with Crippen LogP contribution < -0.4 is 5.32 Å². The van der Waals surface area contributed by atoms with Gasteiger partial charge in [-0.2, -0.15) is 0 Å². The summed E-state index contributed by atoms with van der Waals surface area (Å²) in [5.41, 5.74) is 2.90. The highest BCUT2D eigenvalue weighted by Gasteiger charge is 2.24. The molecule has 0 saturated carbocycles. The SMILES string of the molecule is Cc1cc(O)c([C@H]2CCN2)c(C)c1Cl. The maximum Gasteiger partial charge on any atom is 0.120 e. The monoisotopic (exact) mass is 211 g/mol. The van der Waals surface area contributed by atoms with Gasteiger partial charge in [0.15, 0.2) is 0 Å². The molecule has 3 heteroatoms. The summed E-state index contributed by atoms with van der Waals surface area (Å²) in [7, 11) is 0. The van der Waals surface area contributed by atoms with E-state index in [1.165, 1.54) is 0 Å². The van der Waals surface area contributed by atoms with Crippen LogP contribution in [0.4, 0.5) is 0 Å². The summed E-state index contributed by atoms with van der Waals surface area (Å²) in [6.45, 7) is 4.90. The van der Waals surface area contributed by atoms with Crippen LogP contribution in [0.25, 0.3) is 0 Å². The Balaban J connectivity index is 2.52. The van der Waals surface area contributed by atoms with Gasteiger partial charge in [0.05, 0.1) is 0 Å². The molecule has 1 aliphatic rings. The first-order chi connectivity index (χ1) is 6.61. The largest absolute Gasteiger partial charge is 0.508 e.